The Kier molecular flexibility index (Phi) is 7.20. The standard InChI is InChI=1S/C23H26O5S/c1-4-6-7-8-11-27-20-14-16(29-3)13-18-21(24)17-12-15(23(25)26-5-2)9-10-19(17)28-22(18)20/h9-10,12-14H,4-8,11H2,1-3H3. The van der Waals surface area contributed by atoms with Gasteiger partial charge >= 0.3 is 5.97 Å². The number of carbonyl (C=O) groups excluding carboxylic acids is 1. The average Bonchev–Trinajstić information content (AvgIpc) is 2.74. The van der Waals surface area contributed by atoms with Crippen LogP contribution in [-0.2, 0) is 4.74 Å². The number of thioether (sulfide) groups is 1. The Bertz CT molecular complexity index is 1070. The van der Waals surface area contributed by atoms with E-state index in [1.807, 2.05) is 18.4 Å². The van der Waals surface area contributed by atoms with Crippen LogP contribution in [0.15, 0.2) is 44.4 Å². The second-order valence-corrected chi connectivity index (χ2v) is 7.65. The van der Waals surface area contributed by atoms with Crippen LogP contribution in [0.2, 0.25) is 0 Å². The van der Waals surface area contributed by atoms with E-state index in [1.54, 1.807) is 19.1 Å². The summed E-state index contributed by atoms with van der Waals surface area (Å²) in [7, 11) is 0. The van der Waals surface area contributed by atoms with Gasteiger partial charge in [-0.05, 0) is 49.9 Å². The molecule has 0 bridgehead atoms. The smallest absolute Gasteiger partial charge is 0.338 e. The molecule has 1 heterocycles. The van der Waals surface area contributed by atoms with Gasteiger partial charge in [-0.2, -0.15) is 0 Å². The molecule has 29 heavy (non-hydrogen) atoms. The van der Waals surface area contributed by atoms with E-state index in [-0.39, 0.29) is 12.0 Å². The van der Waals surface area contributed by atoms with Crippen LogP contribution in [0.25, 0.3) is 21.9 Å². The molecule has 0 N–H and O–H groups in total. The van der Waals surface area contributed by atoms with Crippen molar-refractivity contribution in [2.75, 3.05) is 19.5 Å². The molecule has 0 unspecified atom stereocenters. The van der Waals surface area contributed by atoms with E-state index in [4.69, 9.17) is 13.9 Å². The monoisotopic (exact) mass is 414 g/mol. The van der Waals surface area contributed by atoms with E-state index in [9.17, 15) is 9.59 Å². The Morgan fingerprint density at radius 1 is 1.07 bits per heavy atom. The number of rotatable bonds is 9. The zero-order chi connectivity index (χ0) is 20.8. The van der Waals surface area contributed by atoms with Crippen molar-refractivity contribution in [2.45, 2.75) is 44.4 Å². The molecule has 3 aromatic rings. The molecule has 0 amide bonds. The number of hydrogen-bond acceptors (Lipinski definition) is 6. The van der Waals surface area contributed by atoms with Crippen LogP contribution >= 0.6 is 11.8 Å². The van der Waals surface area contributed by atoms with Gasteiger partial charge in [0.1, 0.15) is 5.58 Å². The zero-order valence-electron chi connectivity index (χ0n) is 17.1. The maximum atomic E-state index is 13.2. The number of fused-ring (bicyclic) bond motifs is 2. The minimum atomic E-state index is -0.456. The maximum Gasteiger partial charge on any atom is 0.338 e. The Balaban J connectivity index is 2.06. The van der Waals surface area contributed by atoms with Gasteiger partial charge in [0.25, 0.3) is 0 Å². The van der Waals surface area contributed by atoms with Gasteiger partial charge in [0, 0.05) is 4.90 Å². The van der Waals surface area contributed by atoms with Gasteiger partial charge < -0.3 is 13.9 Å². The molecule has 0 radical (unpaired) electrons. The first-order valence-corrected chi connectivity index (χ1v) is 11.2. The highest BCUT2D eigenvalue weighted by atomic mass is 32.2. The summed E-state index contributed by atoms with van der Waals surface area (Å²) in [5, 5.41) is 0.809. The molecule has 0 saturated carbocycles. The van der Waals surface area contributed by atoms with Gasteiger partial charge in [-0.1, -0.05) is 26.2 Å². The summed E-state index contributed by atoms with van der Waals surface area (Å²) in [4.78, 5) is 26.1. The lowest BCUT2D eigenvalue weighted by Gasteiger charge is -2.11. The Labute approximate surface area is 174 Å². The predicted octanol–water partition coefficient (Wildman–Crippen LogP) is 5.80. The largest absolute Gasteiger partial charge is 0.490 e. The number of benzene rings is 2. The van der Waals surface area contributed by atoms with Crippen molar-refractivity contribution in [3.05, 3.63) is 46.1 Å². The summed E-state index contributed by atoms with van der Waals surface area (Å²) in [6.07, 6.45) is 6.37. The molecule has 0 spiro atoms. The fourth-order valence-corrected chi connectivity index (χ4v) is 3.64. The summed E-state index contributed by atoms with van der Waals surface area (Å²) >= 11 is 1.54. The normalized spacial score (nSPS) is 11.1. The molecule has 5 nitrogen and oxygen atoms in total. The molecule has 154 valence electrons. The lowest BCUT2D eigenvalue weighted by Crippen LogP contribution is -2.08. The van der Waals surface area contributed by atoms with Gasteiger partial charge in [-0.25, -0.2) is 4.79 Å². The van der Waals surface area contributed by atoms with Crippen LogP contribution in [0.1, 0.15) is 49.9 Å². The minimum absolute atomic E-state index is 0.181. The zero-order valence-corrected chi connectivity index (χ0v) is 17.9. The van der Waals surface area contributed by atoms with Crippen LogP contribution in [0, 0.1) is 0 Å². The highest BCUT2D eigenvalue weighted by Crippen LogP contribution is 2.32. The van der Waals surface area contributed by atoms with E-state index in [1.165, 1.54) is 30.7 Å². The maximum absolute atomic E-state index is 13.2. The van der Waals surface area contributed by atoms with E-state index >= 15 is 0 Å². The quantitative estimate of drug-likeness (QED) is 0.191. The summed E-state index contributed by atoms with van der Waals surface area (Å²) in [5.41, 5.74) is 1.02. The molecule has 0 aliphatic heterocycles. The van der Waals surface area contributed by atoms with Crippen molar-refractivity contribution in [2.24, 2.45) is 0 Å². The molecule has 3 rings (SSSR count). The molecule has 0 aliphatic rings. The third-order valence-corrected chi connectivity index (χ3v) is 5.42. The van der Waals surface area contributed by atoms with Gasteiger partial charge in [0.05, 0.1) is 29.5 Å². The first-order chi connectivity index (χ1) is 14.1. The number of carbonyl (C=O) groups is 1. The summed E-state index contributed by atoms with van der Waals surface area (Å²) < 4.78 is 17.1. The minimum Gasteiger partial charge on any atom is -0.490 e. The highest BCUT2D eigenvalue weighted by Gasteiger charge is 2.16. The molecule has 2 aromatic carbocycles. The predicted molar refractivity (Wildman–Crippen MR) is 117 cm³/mol. The van der Waals surface area contributed by atoms with Gasteiger partial charge in [0.15, 0.2) is 11.3 Å². The fraction of sp³-hybridized carbons (Fsp3) is 0.391. The second kappa shape index (κ2) is 9.83. The van der Waals surface area contributed by atoms with Gasteiger partial charge in [0.2, 0.25) is 5.43 Å². The Hall–Kier alpha value is -2.47. The number of unbranched alkanes of at least 4 members (excludes halogenated alkanes) is 3. The van der Waals surface area contributed by atoms with Crippen molar-refractivity contribution in [1.29, 1.82) is 0 Å². The SMILES string of the molecule is CCCCCCOc1cc(SC)cc2c(=O)c3cc(C(=O)OCC)ccc3oc12. The molecule has 0 fully saturated rings. The first-order valence-electron chi connectivity index (χ1n) is 9.97. The molecular weight excluding hydrogens is 388 g/mol. The van der Waals surface area contributed by atoms with Crippen molar-refractivity contribution >= 4 is 39.7 Å². The highest BCUT2D eigenvalue weighted by molar-refractivity contribution is 7.98. The molecule has 0 atom stereocenters. The third-order valence-electron chi connectivity index (χ3n) is 4.71. The lowest BCUT2D eigenvalue weighted by molar-refractivity contribution is 0.0526. The van der Waals surface area contributed by atoms with Gasteiger partial charge in [-0.3, -0.25) is 4.79 Å². The lowest BCUT2D eigenvalue weighted by atomic mass is 10.1. The number of ether oxygens (including phenoxy) is 2. The number of esters is 1. The summed E-state index contributed by atoms with van der Waals surface area (Å²) in [6, 6.07) is 8.50. The summed E-state index contributed by atoms with van der Waals surface area (Å²) in [5.74, 6) is 0.125. The average molecular weight is 415 g/mol. The van der Waals surface area contributed by atoms with Crippen molar-refractivity contribution in [3.8, 4) is 5.75 Å². The van der Waals surface area contributed by atoms with Crippen LogP contribution in [-0.4, -0.2) is 25.4 Å². The third kappa shape index (κ3) is 4.75. The van der Waals surface area contributed by atoms with Crippen LogP contribution < -0.4 is 10.2 Å². The Morgan fingerprint density at radius 2 is 1.90 bits per heavy atom. The second-order valence-electron chi connectivity index (χ2n) is 6.77. The first kappa shape index (κ1) is 21.2. The van der Waals surface area contributed by atoms with Crippen molar-refractivity contribution in [3.63, 3.8) is 0 Å². The molecular formula is C23H26O5S. The molecule has 6 heteroatoms. The van der Waals surface area contributed by atoms with E-state index in [2.05, 4.69) is 6.92 Å². The van der Waals surface area contributed by atoms with Crippen LogP contribution in [0.4, 0.5) is 0 Å². The van der Waals surface area contributed by atoms with Crippen LogP contribution in [0.3, 0.4) is 0 Å². The van der Waals surface area contributed by atoms with E-state index in [0.717, 1.165) is 17.7 Å². The molecule has 0 saturated heterocycles. The van der Waals surface area contributed by atoms with Gasteiger partial charge in [-0.15, -0.1) is 11.8 Å². The van der Waals surface area contributed by atoms with Crippen molar-refractivity contribution < 1.29 is 18.7 Å². The van der Waals surface area contributed by atoms with E-state index in [0.29, 0.717) is 39.9 Å². The van der Waals surface area contributed by atoms with E-state index < -0.39 is 5.97 Å². The molecule has 1 aromatic heterocycles. The summed E-state index contributed by atoms with van der Waals surface area (Å²) in [6.45, 7) is 4.77. The van der Waals surface area contributed by atoms with Crippen molar-refractivity contribution in [1.82, 2.24) is 0 Å². The fourth-order valence-electron chi connectivity index (χ4n) is 3.18. The molecule has 0 aliphatic carbocycles. The Morgan fingerprint density at radius 3 is 2.62 bits per heavy atom. The topological polar surface area (TPSA) is 65.7 Å². The van der Waals surface area contributed by atoms with Crippen LogP contribution in [0.5, 0.6) is 5.75 Å². The number of hydrogen-bond donors (Lipinski definition) is 0.